The van der Waals surface area contributed by atoms with Gasteiger partial charge >= 0.3 is 0 Å². The first-order valence-corrected chi connectivity index (χ1v) is 6.22. The summed E-state index contributed by atoms with van der Waals surface area (Å²) in [6, 6.07) is 6.94. The van der Waals surface area contributed by atoms with E-state index in [1.807, 2.05) is 37.5 Å². The van der Waals surface area contributed by atoms with E-state index in [2.05, 4.69) is 4.98 Å². The lowest BCUT2D eigenvalue weighted by molar-refractivity contribution is 0.0843. The molecule has 4 heteroatoms. The monoisotopic (exact) mass is 258 g/mol. The van der Waals surface area contributed by atoms with Gasteiger partial charge in [-0.3, -0.25) is 4.79 Å². The molecule has 0 saturated heterocycles. The van der Waals surface area contributed by atoms with Crippen LogP contribution < -0.4 is 0 Å². The molecule has 0 unspecified atom stereocenters. The van der Waals surface area contributed by atoms with E-state index in [4.69, 9.17) is 0 Å². The molecule has 0 aliphatic rings. The molecule has 19 heavy (non-hydrogen) atoms. The molecule has 0 bridgehead atoms. The van der Waals surface area contributed by atoms with Crippen LogP contribution in [-0.2, 0) is 6.54 Å². The predicted molar refractivity (Wildman–Crippen MR) is 73.2 cm³/mol. The van der Waals surface area contributed by atoms with E-state index >= 15 is 0 Å². The van der Waals surface area contributed by atoms with E-state index in [1.165, 1.54) is 0 Å². The zero-order valence-electron chi connectivity index (χ0n) is 11.4. The number of imidazole rings is 1. The van der Waals surface area contributed by atoms with Gasteiger partial charge in [0.15, 0.2) is 5.82 Å². The summed E-state index contributed by atoms with van der Waals surface area (Å²) in [6.07, 6.45) is 3.44. The fourth-order valence-corrected chi connectivity index (χ4v) is 1.78. The predicted octanol–water partition coefficient (Wildman–Crippen LogP) is 2.87. The highest BCUT2D eigenvalue weighted by Crippen LogP contribution is 2.20. The van der Waals surface area contributed by atoms with E-state index in [0.717, 1.165) is 5.56 Å². The van der Waals surface area contributed by atoms with Crippen LogP contribution in [0.3, 0.4) is 0 Å². The molecule has 1 aromatic heterocycles. The molecule has 0 spiro atoms. The normalized spacial score (nSPS) is 11.5. The maximum absolute atomic E-state index is 12.3. The van der Waals surface area contributed by atoms with Crippen LogP contribution in [0.4, 0.5) is 0 Å². The van der Waals surface area contributed by atoms with Gasteiger partial charge in [-0.25, -0.2) is 4.98 Å². The number of benzene rings is 1. The highest BCUT2D eigenvalue weighted by atomic mass is 16.3. The molecule has 0 saturated carbocycles. The Hall–Kier alpha value is -2.10. The minimum atomic E-state index is -0.446. The summed E-state index contributed by atoms with van der Waals surface area (Å²) in [5, 5.41) is 9.26. The Balaban J connectivity index is 2.25. The van der Waals surface area contributed by atoms with E-state index < -0.39 is 5.41 Å². The van der Waals surface area contributed by atoms with Crippen LogP contribution in [0, 0.1) is 5.41 Å². The van der Waals surface area contributed by atoms with Crippen LogP contribution in [0.5, 0.6) is 5.75 Å². The molecule has 2 rings (SSSR count). The molecular weight excluding hydrogens is 240 g/mol. The number of aromatic hydroxyl groups is 1. The van der Waals surface area contributed by atoms with Crippen molar-refractivity contribution >= 4 is 5.78 Å². The number of nitrogens with zero attached hydrogens (tertiary/aromatic N) is 2. The lowest BCUT2D eigenvalue weighted by atomic mass is 9.90. The van der Waals surface area contributed by atoms with Gasteiger partial charge in [-0.15, -0.1) is 0 Å². The minimum absolute atomic E-state index is 0.0243. The van der Waals surface area contributed by atoms with Gasteiger partial charge in [0.1, 0.15) is 5.75 Å². The van der Waals surface area contributed by atoms with E-state index in [9.17, 15) is 9.90 Å². The van der Waals surface area contributed by atoms with Crippen molar-refractivity contribution in [2.45, 2.75) is 27.3 Å². The van der Waals surface area contributed by atoms with Crippen molar-refractivity contribution in [3.05, 3.63) is 48.0 Å². The summed E-state index contributed by atoms with van der Waals surface area (Å²) >= 11 is 0. The Morgan fingerprint density at radius 2 is 1.89 bits per heavy atom. The van der Waals surface area contributed by atoms with Gasteiger partial charge in [0.25, 0.3) is 0 Å². The number of rotatable bonds is 3. The molecule has 1 aromatic carbocycles. The smallest absolute Gasteiger partial charge is 0.203 e. The van der Waals surface area contributed by atoms with Crippen molar-refractivity contribution in [3.63, 3.8) is 0 Å². The highest BCUT2D eigenvalue weighted by molar-refractivity contribution is 5.96. The summed E-state index contributed by atoms with van der Waals surface area (Å²) in [6.45, 7) is 6.22. The molecule has 0 aliphatic heterocycles. The maximum atomic E-state index is 12.3. The molecular formula is C15H18N2O2. The topological polar surface area (TPSA) is 55.1 Å². The number of carbonyl (C=O) groups excluding carboxylic acids is 1. The molecule has 1 N–H and O–H groups in total. The Bertz CT molecular complexity index is 577. The number of phenolic OH excluding ortho intramolecular Hbond substituents is 1. The standard InChI is InChI=1S/C15H18N2O2/c1-15(2,3)13(19)14-16-8-9-17(14)10-11-4-6-12(18)7-5-11/h4-9,18H,10H2,1-3H3. The SMILES string of the molecule is CC(C)(C)C(=O)c1nccn1Cc1ccc(O)cc1. The van der Waals surface area contributed by atoms with Crippen molar-refractivity contribution in [3.8, 4) is 5.75 Å². The Morgan fingerprint density at radius 1 is 1.26 bits per heavy atom. The quantitative estimate of drug-likeness (QED) is 0.861. The van der Waals surface area contributed by atoms with Gasteiger partial charge in [-0.05, 0) is 17.7 Å². The lowest BCUT2D eigenvalue weighted by Gasteiger charge is -2.17. The van der Waals surface area contributed by atoms with Crippen LogP contribution in [-0.4, -0.2) is 20.4 Å². The average molecular weight is 258 g/mol. The zero-order valence-corrected chi connectivity index (χ0v) is 11.4. The largest absolute Gasteiger partial charge is 0.508 e. The second-order valence-electron chi connectivity index (χ2n) is 5.62. The van der Waals surface area contributed by atoms with Gasteiger partial charge in [-0.1, -0.05) is 32.9 Å². The molecule has 1 heterocycles. The van der Waals surface area contributed by atoms with Gasteiger partial charge < -0.3 is 9.67 Å². The van der Waals surface area contributed by atoms with Crippen molar-refractivity contribution in [2.75, 3.05) is 0 Å². The zero-order chi connectivity index (χ0) is 14.0. The number of hydrogen-bond acceptors (Lipinski definition) is 3. The Kier molecular flexibility index (Phi) is 3.42. The van der Waals surface area contributed by atoms with E-state index in [-0.39, 0.29) is 11.5 Å². The highest BCUT2D eigenvalue weighted by Gasteiger charge is 2.26. The first kappa shape index (κ1) is 13.3. The number of Topliss-reactive ketones (excluding diaryl/α,β-unsaturated/α-hetero) is 1. The summed E-state index contributed by atoms with van der Waals surface area (Å²) < 4.78 is 1.83. The van der Waals surface area contributed by atoms with Crippen LogP contribution in [0.25, 0.3) is 0 Å². The first-order chi connectivity index (χ1) is 8.88. The summed E-state index contributed by atoms with van der Waals surface area (Å²) in [5.74, 6) is 0.734. The third-order valence-electron chi connectivity index (χ3n) is 2.89. The van der Waals surface area contributed by atoms with Gasteiger partial charge in [0.2, 0.25) is 5.78 Å². The number of ketones is 1. The molecule has 0 atom stereocenters. The third kappa shape index (κ3) is 3.02. The summed E-state index contributed by atoms with van der Waals surface area (Å²) in [5.41, 5.74) is 0.566. The molecule has 0 radical (unpaired) electrons. The second-order valence-corrected chi connectivity index (χ2v) is 5.62. The third-order valence-corrected chi connectivity index (χ3v) is 2.89. The molecule has 2 aromatic rings. The molecule has 0 fully saturated rings. The van der Waals surface area contributed by atoms with Crippen molar-refractivity contribution < 1.29 is 9.90 Å². The van der Waals surface area contributed by atoms with Crippen LogP contribution in [0.2, 0.25) is 0 Å². The van der Waals surface area contributed by atoms with Crippen LogP contribution in [0.1, 0.15) is 37.0 Å². The molecule has 4 nitrogen and oxygen atoms in total. The molecule has 100 valence electrons. The van der Waals surface area contributed by atoms with Gasteiger partial charge in [0.05, 0.1) is 0 Å². The van der Waals surface area contributed by atoms with E-state index in [0.29, 0.717) is 12.4 Å². The summed E-state index contributed by atoms with van der Waals surface area (Å²) in [7, 11) is 0. The van der Waals surface area contributed by atoms with Crippen molar-refractivity contribution in [1.29, 1.82) is 0 Å². The van der Waals surface area contributed by atoms with E-state index in [1.54, 1.807) is 24.5 Å². The summed E-state index contributed by atoms with van der Waals surface area (Å²) in [4.78, 5) is 16.4. The molecule has 0 aliphatic carbocycles. The second kappa shape index (κ2) is 4.88. The Labute approximate surface area is 112 Å². The van der Waals surface area contributed by atoms with Crippen LogP contribution >= 0.6 is 0 Å². The molecule has 0 amide bonds. The fourth-order valence-electron chi connectivity index (χ4n) is 1.78. The minimum Gasteiger partial charge on any atom is -0.508 e. The Morgan fingerprint density at radius 3 is 2.47 bits per heavy atom. The number of phenols is 1. The number of aromatic nitrogens is 2. The van der Waals surface area contributed by atoms with Gasteiger partial charge in [-0.2, -0.15) is 0 Å². The number of carbonyl (C=O) groups is 1. The maximum Gasteiger partial charge on any atom is 0.203 e. The van der Waals surface area contributed by atoms with Crippen molar-refractivity contribution in [1.82, 2.24) is 9.55 Å². The first-order valence-electron chi connectivity index (χ1n) is 6.22. The van der Waals surface area contributed by atoms with Gasteiger partial charge in [0, 0.05) is 24.4 Å². The van der Waals surface area contributed by atoms with Crippen LogP contribution in [0.15, 0.2) is 36.7 Å². The number of hydrogen-bond donors (Lipinski definition) is 1. The van der Waals surface area contributed by atoms with Crippen molar-refractivity contribution in [2.24, 2.45) is 5.41 Å². The average Bonchev–Trinajstić information content (AvgIpc) is 2.78. The lowest BCUT2D eigenvalue weighted by Crippen LogP contribution is -2.24. The fraction of sp³-hybridized carbons (Fsp3) is 0.333.